The van der Waals surface area contributed by atoms with Crippen molar-refractivity contribution in [1.29, 1.82) is 0 Å². The minimum atomic E-state index is -0.283. The molecule has 10 heteroatoms. The molecule has 8 nitrogen and oxygen atoms in total. The van der Waals surface area contributed by atoms with Crippen LogP contribution in [-0.4, -0.2) is 64.9 Å². The van der Waals surface area contributed by atoms with Crippen LogP contribution in [0.4, 0.5) is 14.6 Å². The topological polar surface area (TPSA) is 91.1 Å². The van der Waals surface area contributed by atoms with Crippen LogP contribution in [0.25, 0.3) is 10.9 Å². The van der Waals surface area contributed by atoms with Gasteiger partial charge in [0.1, 0.15) is 29.5 Å². The van der Waals surface area contributed by atoms with E-state index in [0.29, 0.717) is 12.3 Å². The predicted octanol–water partition coefficient (Wildman–Crippen LogP) is 7.78. The molecule has 2 aromatic carbocycles. The van der Waals surface area contributed by atoms with Crippen LogP contribution < -0.4 is 4.90 Å². The first-order valence-corrected chi connectivity index (χ1v) is 15.7. The van der Waals surface area contributed by atoms with Crippen molar-refractivity contribution < 1.29 is 23.5 Å². The number of piperidine rings is 1. The molecule has 45 heavy (non-hydrogen) atoms. The average Bonchev–Trinajstić information content (AvgIpc) is 3.49. The zero-order valence-corrected chi connectivity index (χ0v) is 27.6. The number of amides is 1. The van der Waals surface area contributed by atoms with Gasteiger partial charge >= 0.3 is 0 Å². The standard InChI is InChI=1S/C15H18FN3.C6H5F.C6H11NO2.C5H9NO.C3H8/c1-2-11-5-7-19(8-6-11)15-13-9-12(16)3-4-14(13)17-10-18-15;7-6-4-2-1-3-5-6;1-5(8)7-3-2-6(9)4-7;1-4-5(2)7-6-3;1-3-2/h3-4,9-11H,2,5-8H2,1H3;1-5H;6,9H,2-4H2,1H3;2-4H2,1H3;3H2,1-2H3. The summed E-state index contributed by atoms with van der Waals surface area (Å²) >= 11 is 0. The summed E-state index contributed by atoms with van der Waals surface area (Å²) in [6, 6.07) is 12.6. The zero-order chi connectivity index (χ0) is 33.6. The Morgan fingerprint density at radius 2 is 1.64 bits per heavy atom. The summed E-state index contributed by atoms with van der Waals surface area (Å²) in [6.07, 6.45) is 7.69. The van der Waals surface area contributed by atoms with Crippen LogP contribution in [0, 0.1) is 17.6 Å². The third kappa shape index (κ3) is 15.6. The van der Waals surface area contributed by atoms with Gasteiger partial charge in [0.25, 0.3) is 0 Å². The smallest absolute Gasteiger partial charge is 0.219 e. The predicted molar refractivity (Wildman–Crippen MR) is 180 cm³/mol. The van der Waals surface area contributed by atoms with Gasteiger partial charge < -0.3 is 19.7 Å². The van der Waals surface area contributed by atoms with Crippen LogP contribution >= 0.6 is 0 Å². The number of aromatic nitrogens is 2. The summed E-state index contributed by atoms with van der Waals surface area (Å²) in [5, 5.41) is 12.9. The highest BCUT2D eigenvalue weighted by molar-refractivity contribution is 5.89. The number of carbonyl (C=O) groups is 1. The molecule has 3 heterocycles. The second-order valence-corrected chi connectivity index (χ2v) is 10.7. The SMILES string of the molecule is C=NOC(=C)CC.CC(=O)N1CCC(O)C1.CCC.CCC1CCN(c2ncnc3ccc(F)cc23)CC1.Fc1ccccc1. The lowest BCUT2D eigenvalue weighted by atomic mass is 9.94. The molecule has 5 rings (SSSR count). The Morgan fingerprint density at radius 1 is 1.00 bits per heavy atom. The van der Waals surface area contributed by atoms with Gasteiger partial charge in [-0.2, -0.15) is 0 Å². The fourth-order valence-electron chi connectivity index (χ4n) is 4.42. The Balaban J connectivity index is 0.000000326. The summed E-state index contributed by atoms with van der Waals surface area (Å²) in [6.45, 7) is 19.8. The third-order valence-electron chi connectivity index (χ3n) is 7.00. The maximum Gasteiger partial charge on any atom is 0.219 e. The summed E-state index contributed by atoms with van der Waals surface area (Å²) in [5.74, 6) is 2.00. The maximum atomic E-state index is 13.4. The lowest BCUT2D eigenvalue weighted by Crippen LogP contribution is -2.34. The molecule has 2 aliphatic heterocycles. The number of likely N-dealkylation sites (tertiary alicyclic amines) is 1. The number of fused-ring (bicyclic) bond motifs is 1. The lowest BCUT2D eigenvalue weighted by Gasteiger charge is -2.32. The van der Waals surface area contributed by atoms with Gasteiger partial charge in [0.2, 0.25) is 5.91 Å². The Morgan fingerprint density at radius 3 is 2.07 bits per heavy atom. The second-order valence-electron chi connectivity index (χ2n) is 10.7. The molecule has 248 valence electrons. The van der Waals surface area contributed by atoms with E-state index in [1.54, 1.807) is 35.5 Å². The summed E-state index contributed by atoms with van der Waals surface area (Å²) in [7, 11) is 0. The summed E-state index contributed by atoms with van der Waals surface area (Å²) in [5.41, 5.74) is 0.809. The zero-order valence-electron chi connectivity index (χ0n) is 27.6. The highest BCUT2D eigenvalue weighted by Gasteiger charge is 2.22. The number of aliphatic hydroxyl groups is 1. The van der Waals surface area contributed by atoms with Crippen LogP contribution in [0.5, 0.6) is 0 Å². The molecular formula is C35H51F2N5O3. The Kier molecular flexibility index (Phi) is 19.6. The third-order valence-corrected chi connectivity index (χ3v) is 7.00. The van der Waals surface area contributed by atoms with Crippen molar-refractivity contribution in [2.24, 2.45) is 11.1 Å². The fraction of sp³-hybridized carbons (Fsp3) is 0.486. The number of rotatable bonds is 5. The van der Waals surface area contributed by atoms with Crippen LogP contribution in [0.3, 0.4) is 0 Å². The number of hydrogen-bond acceptors (Lipinski definition) is 7. The average molecular weight is 628 g/mol. The first kappa shape index (κ1) is 39.1. The number of anilines is 1. The quantitative estimate of drug-likeness (QED) is 0.177. The van der Waals surface area contributed by atoms with Crippen LogP contribution in [0.15, 0.2) is 72.4 Å². The first-order chi connectivity index (χ1) is 21.6. The van der Waals surface area contributed by atoms with Crippen molar-refractivity contribution in [3.63, 3.8) is 0 Å². The van der Waals surface area contributed by atoms with Crippen molar-refractivity contribution in [3.05, 3.63) is 78.8 Å². The fourth-order valence-corrected chi connectivity index (χ4v) is 4.42. The number of nitrogens with zero attached hydrogens (tertiary/aromatic N) is 5. The molecule has 0 saturated carbocycles. The minimum absolute atomic E-state index is 0.0616. The lowest BCUT2D eigenvalue weighted by molar-refractivity contribution is -0.128. The van der Waals surface area contributed by atoms with E-state index in [1.807, 2.05) is 6.92 Å². The van der Waals surface area contributed by atoms with Crippen molar-refractivity contribution >= 4 is 29.3 Å². The molecule has 2 aliphatic rings. The van der Waals surface area contributed by atoms with Gasteiger partial charge in [-0.15, -0.1) is 0 Å². The van der Waals surface area contributed by atoms with Gasteiger partial charge in [-0.3, -0.25) is 4.79 Å². The van der Waals surface area contributed by atoms with E-state index in [9.17, 15) is 13.6 Å². The van der Waals surface area contributed by atoms with Gasteiger partial charge in [0, 0.05) is 51.6 Å². The maximum absolute atomic E-state index is 13.4. The van der Waals surface area contributed by atoms with Crippen molar-refractivity contribution in [2.75, 3.05) is 31.1 Å². The second kappa shape index (κ2) is 22.6. The molecule has 1 aromatic heterocycles. The summed E-state index contributed by atoms with van der Waals surface area (Å²) < 4.78 is 25.3. The van der Waals surface area contributed by atoms with Gasteiger partial charge in [0.05, 0.1) is 11.6 Å². The van der Waals surface area contributed by atoms with Gasteiger partial charge in [-0.05, 0) is 55.5 Å². The van der Waals surface area contributed by atoms with E-state index >= 15 is 0 Å². The molecule has 3 aromatic rings. The minimum Gasteiger partial charge on any atom is -0.391 e. The molecular weight excluding hydrogens is 576 g/mol. The molecule has 2 saturated heterocycles. The van der Waals surface area contributed by atoms with Crippen molar-refractivity contribution in [2.45, 2.75) is 79.2 Å². The number of benzene rings is 2. The Bertz CT molecular complexity index is 1270. The van der Waals surface area contributed by atoms with E-state index in [2.05, 4.69) is 58.9 Å². The van der Waals surface area contributed by atoms with Gasteiger partial charge in [-0.25, -0.2) is 18.7 Å². The monoisotopic (exact) mass is 627 g/mol. The Hall–Kier alpha value is -3.92. The van der Waals surface area contributed by atoms with Crippen molar-refractivity contribution in [1.82, 2.24) is 14.9 Å². The molecule has 1 N–H and O–H groups in total. The summed E-state index contributed by atoms with van der Waals surface area (Å²) in [4.78, 5) is 27.6. The van der Waals surface area contributed by atoms with Gasteiger partial charge in [-0.1, -0.05) is 70.5 Å². The van der Waals surface area contributed by atoms with Crippen molar-refractivity contribution in [3.8, 4) is 0 Å². The number of oxime groups is 1. The molecule has 1 unspecified atom stereocenters. The number of halogens is 2. The number of hydrogen-bond donors (Lipinski definition) is 1. The highest BCUT2D eigenvalue weighted by atomic mass is 19.1. The molecule has 2 fully saturated rings. The Labute approximate surface area is 267 Å². The molecule has 0 bridgehead atoms. The van der Waals surface area contributed by atoms with Gasteiger partial charge in [0.15, 0.2) is 0 Å². The van der Waals surface area contributed by atoms with Crippen LogP contribution in [0.2, 0.25) is 0 Å². The number of allylic oxidation sites excluding steroid dienone is 1. The molecule has 1 atom stereocenters. The molecule has 1 amide bonds. The first-order valence-electron chi connectivity index (χ1n) is 15.7. The molecule has 0 radical (unpaired) electrons. The highest BCUT2D eigenvalue weighted by Crippen LogP contribution is 2.28. The molecule has 0 aliphatic carbocycles. The van der Waals surface area contributed by atoms with E-state index in [0.717, 1.165) is 55.1 Å². The van der Waals surface area contributed by atoms with E-state index in [4.69, 9.17) is 5.11 Å². The normalized spacial score (nSPS) is 15.5. The van der Waals surface area contributed by atoms with E-state index < -0.39 is 0 Å². The van der Waals surface area contributed by atoms with Crippen LogP contribution in [-0.2, 0) is 9.63 Å². The molecule has 0 spiro atoms. The van der Waals surface area contributed by atoms with Crippen LogP contribution in [0.1, 0.15) is 73.1 Å². The number of carbonyl (C=O) groups excluding carboxylic acids is 1. The number of β-amino-alcohol motifs (C(OH)–C–C–N with tert-alkyl or cyclic N) is 1. The number of aliphatic hydroxyl groups excluding tert-OH is 1. The van der Waals surface area contributed by atoms with E-state index in [-0.39, 0.29) is 23.6 Å². The largest absolute Gasteiger partial charge is 0.391 e. The van der Waals surface area contributed by atoms with E-state index in [1.165, 1.54) is 56.9 Å².